The molecule has 0 amide bonds. The van der Waals surface area contributed by atoms with Crippen LogP contribution in [0, 0.1) is 0 Å². The van der Waals surface area contributed by atoms with E-state index in [0.717, 1.165) is 11.5 Å². The van der Waals surface area contributed by atoms with E-state index in [1.54, 1.807) is 70.4 Å². The average Bonchev–Trinajstić information content (AvgIpc) is 2.62. The van der Waals surface area contributed by atoms with Gasteiger partial charge in [0, 0.05) is 58.2 Å². The van der Waals surface area contributed by atoms with Gasteiger partial charge in [-0.1, -0.05) is 44.8 Å². The van der Waals surface area contributed by atoms with Crippen molar-refractivity contribution in [2.75, 3.05) is 24.6 Å². The molecule has 0 aliphatic heterocycles. The van der Waals surface area contributed by atoms with Gasteiger partial charge in [-0.05, 0) is 36.4 Å². The van der Waals surface area contributed by atoms with Crippen LogP contribution in [0.15, 0.2) is 46.4 Å². The predicted molar refractivity (Wildman–Crippen MR) is 116 cm³/mol. The average molecular weight is 429 g/mol. The number of aliphatic imine (C=N–C) groups is 2. The highest BCUT2D eigenvalue weighted by atomic mass is 35.5. The quantitative estimate of drug-likeness (QED) is 0.322. The molecule has 0 aliphatic carbocycles. The Labute approximate surface area is 170 Å². The Morgan fingerprint density at radius 3 is 1.62 bits per heavy atom. The highest BCUT2D eigenvalue weighted by molar-refractivity contribution is 8.76. The molecule has 0 spiro atoms. The van der Waals surface area contributed by atoms with Crippen LogP contribution in [0.1, 0.15) is 11.1 Å². The summed E-state index contributed by atoms with van der Waals surface area (Å²) < 4.78 is 0. The fourth-order valence-corrected chi connectivity index (χ4v) is 3.99. The summed E-state index contributed by atoms with van der Waals surface area (Å²) in [5.41, 5.74) is 1.24. The molecule has 138 valence electrons. The molecule has 4 nitrogen and oxygen atoms in total. The first kappa shape index (κ1) is 21.0. The second kappa shape index (κ2) is 11.4. The van der Waals surface area contributed by atoms with Gasteiger partial charge in [-0.25, -0.2) is 0 Å². The molecule has 0 saturated heterocycles. The Hall–Kier alpha value is -1.34. The third kappa shape index (κ3) is 7.50. The first-order valence-corrected chi connectivity index (χ1v) is 11.0. The summed E-state index contributed by atoms with van der Waals surface area (Å²) in [5, 5.41) is 20.5. The number of nitrogens with zero attached hydrogens (tertiary/aromatic N) is 2. The van der Waals surface area contributed by atoms with E-state index in [-0.39, 0.29) is 11.5 Å². The second-order valence-electron chi connectivity index (χ2n) is 5.12. The van der Waals surface area contributed by atoms with Gasteiger partial charge in [-0.3, -0.25) is 9.98 Å². The van der Waals surface area contributed by atoms with Crippen molar-refractivity contribution >= 4 is 57.2 Å². The molecule has 2 N–H and O–H groups in total. The van der Waals surface area contributed by atoms with Gasteiger partial charge in [0.1, 0.15) is 11.5 Å². The van der Waals surface area contributed by atoms with Gasteiger partial charge >= 0.3 is 0 Å². The van der Waals surface area contributed by atoms with Gasteiger partial charge in [0.15, 0.2) is 0 Å². The van der Waals surface area contributed by atoms with E-state index in [1.807, 2.05) is 0 Å². The molecule has 0 fully saturated rings. The summed E-state index contributed by atoms with van der Waals surface area (Å²) in [6, 6.07) is 9.74. The summed E-state index contributed by atoms with van der Waals surface area (Å²) in [7, 11) is 3.44. The van der Waals surface area contributed by atoms with Crippen molar-refractivity contribution in [3.8, 4) is 11.5 Å². The lowest BCUT2D eigenvalue weighted by Crippen LogP contribution is -1.90. The minimum absolute atomic E-state index is 0.170. The number of phenolic OH excluding ortho intramolecular Hbond substituents is 2. The molecule has 0 radical (unpaired) electrons. The van der Waals surface area contributed by atoms with Crippen molar-refractivity contribution < 1.29 is 10.2 Å². The molecule has 0 aromatic heterocycles. The maximum atomic E-state index is 9.68. The summed E-state index contributed by atoms with van der Waals surface area (Å²) >= 11 is 11.8. The molecular weight excluding hydrogens is 411 g/mol. The third-order valence-corrected chi connectivity index (χ3v) is 5.97. The molecule has 2 aromatic rings. The number of benzene rings is 2. The normalized spacial score (nSPS) is 11.6. The first-order valence-electron chi connectivity index (χ1n) is 7.77. The highest BCUT2D eigenvalue weighted by Crippen LogP contribution is 2.22. The number of hydrogen-bond acceptors (Lipinski definition) is 6. The number of phenols is 2. The van der Waals surface area contributed by atoms with E-state index in [0.29, 0.717) is 34.3 Å². The molecule has 2 rings (SSSR count). The molecule has 0 bridgehead atoms. The fraction of sp³-hybridized carbons (Fsp3) is 0.222. The van der Waals surface area contributed by atoms with Crippen LogP contribution in [-0.4, -0.2) is 47.2 Å². The van der Waals surface area contributed by atoms with Gasteiger partial charge in [-0.2, -0.15) is 0 Å². The number of aromatic hydroxyl groups is 2. The maximum Gasteiger partial charge on any atom is 0.124 e. The molecule has 0 heterocycles. The zero-order valence-electron chi connectivity index (χ0n) is 13.8. The summed E-state index contributed by atoms with van der Waals surface area (Å²) in [6.07, 6.45) is 3.27. The SMILES string of the molecule is Oc1ccc(Cl)cc1C=NCCSSCCN=Cc1cc(Cl)ccc1O. The zero-order valence-corrected chi connectivity index (χ0v) is 17.0. The van der Waals surface area contributed by atoms with Crippen LogP contribution >= 0.6 is 44.8 Å². The van der Waals surface area contributed by atoms with Crippen LogP contribution in [0.3, 0.4) is 0 Å². The lowest BCUT2D eigenvalue weighted by Gasteiger charge is -2.00. The van der Waals surface area contributed by atoms with Crippen molar-refractivity contribution in [3.63, 3.8) is 0 Å². The van der Waals surface area contributed by atoms with Gasteiger partial charge in [-0.15, -0.1) is 0 Å². The Bertz CT molecular complexity index is 720. The van der Waals surface area contributed by atoms with Crippen molar-refractivity contribution in [3.05, 3.63) is 57.6 Å². The molecule has 0 atom stereocenters. The minimum atomic E-state index is 0.170. The zero-order chi connectivity index (χ0) is 18.8. The van der Waals surface area contributed by atoms with Crippen LogP contribution in [0.2, 0.25) is 10.0 Å². The second-order valence-corrected chi connectivity index (χ2v) is 8.70. The first-order chi connectivity index (χ1) is 12.6. The molecule has 2 aromatic carbocycles. The Kier molecular flexibility index (Phi) is 9.18. The predicted octanol–water partition coefficient (Wildman–Crippen LogP) is 5.32. The Morgan fingerprint density at radius 2 is 1.19 bits per heavy atom. The van der Waals surface area contributed by atoms with Gasteiger partial charge in [0.25, 0.3) is 0 Å². The lowest BCUT2D eigenvalue weighted by molar-refractivity contribution is 0.474. The van der Waals surface area contributed by atoms with Gasteiger partial charge in [0.2, 0.25) is 0 Å². The number of rotatable bonds is 9. The van der Waals surface area contributed by atoms with E-state index in [1.165, 1.54) is 0 Å². The smallest absolute Gasteiger partial charge is 0.124 e. The summed E-state index contributed by atoms with van der Waals surface area (Å²) in [6.45, 7) is 1.31. The summed E-state index contributed by atoms with van der Waals surface area (Å²) in [4.78, 5) is 8.57. The Morgan fingerprint density at radius 1 is 0.769 bits per heavy atom. The minimum Gasteiger partial charge on any atom is -0.507 e. The number of hydrogen-bond donors (Lipinski definition) is 2. The van der Waals surface area contributed by atoms with Crippen LogP contribution in [0.4, 0.5) is 0 Å². The standard InChI is InChI=1S/C18H18Cl2N2O2S2/c19-15-1-3-17(23)13(9-15)11-21-5-7-25-26-8-6-22-12-14-10-16(20)2-4-18(14)24/h1-4,9-12,23-24H,5-8H2. The maximum absolute atomic E-state index is 9.68. The molecule has 0 saturated carbocycles. The summed E-state index contributed by atoms with van der Waals surface area (Å²) in [5.74, 6) is 2.07. The number of halogens is 2. The van der Waals surface area contributed by atoms with E-state index < -0.39 is 0 Å². The molecular formula is C18H18Cl2N2O2S2. The van der Waals surface area contributed by atoms with Gasteiger partial charge in [0.05, 0.1) is 0 Å². The lowest BCUT2D eigenvalue weighted by atomic mass is 10.2. The van der Waals surface area contributed by atoms with Crippen molar-refractivity contribution in [2.45, 2.75) is 0 Å². The monoisotopic (exact) mass is 428 g/mol. The fourth-order valence-electron chi connectivity index (χ4n) is 1.88. The van der Waals surface area contributed by atoms with Gasteiger partial charge < -0.3 is 10.2 Å². The van der Waals surface area contributed by atoms with E-state index >= 15 is 0 Å². The van der Waals surface area contributed by atoms with Crippen LogP contribution in [-0.2, 0) is 0 Å². The molecule has 26 heavy (non-hydrogen) atoms. The molecule has 0 aliphatic rings. The third-order valence-electron chi connectivity index (χ3n) is 3.13. The molecule has 8 heteroatoms. The van der Waals surface area contributed by atoms with Crippen molar-refractivity contribution in [1.29, 1.82) is 0 Å². The van der Waals surface area contributed by atoms with Crippen molar-refractivity contribution in [1.82, 2.24) is 0 Å². The van der Waals surface area contributed by atoms with Crippen LogP contribution < -0.4 is 0 Å². The van der Waals surface area contributed by atoms with Crippen LogP contribution in [0.25, 0.3) is 0 Å². The van der Waals surface area contributed by atoms with E-state index in [2.05, 4.69) is 9.98 Å². The Balaban J connectivity index is 1.59. The van der Waals surface area contributed by atoms with Crippen molar-refractivity contribution in [2.24, 2.45) is 9.98 Å². The van der Waals surface area contributed by atoms with E-state index in [4.69, 9.17) is 23.2 Å². The highest BCUT2D eigenvalue weighted by Gasteiger charge is 1.99. The topological polar surface area (TPSA) is 65.2 Å². The van der Waals surface area contributed by atoms with E-state index in [9.17, 15) is 10.2 Å². The largest absolute Gasteiger partial charge is 0.507 e. The molecule has 0 unspecified atom stereocenters. The van der Waals surface area contributed by atoms with Crippen LogP contribution in [0.5, 0.6) is 11.5 Å².